The van der Waals surface area contributed by atoms with Crippen LogP contribution in [0.5, 0.6) is 11.5 Å². The van der Waals surface area contributed by atoms with Crippen LogP contribution < -0.4 is 20.5 Å². The van der Waals surface area contributed by atoms with E-state index < -0.39 is 5.91 Å². The molecule has 7 nitrogen and oxygen atoms in total. The van der Waals surface area contributed by atoms with Crippen molar-refractivity contribution in [2.45, 2.75) is 13.2 Å². The van der Waals surface area contributed by atoms with E-state index in [-0.39, 0.29) is 31.5 Å². The van der Waals surface area contributed by atoms with E-state index in [2.05, 4.69) is 5.32 Å². The number of nitrogens with one attached hydrogen (secondary N) is 1. The Labute approximate surface area is 176 Å². The van der Waals surface area contributed by atoms with E-state index in [1.54, 1.807) is 30.3 Å². The number of carbonyl (C=O) groups is 2. The number of fused-ring (bicyclic) bond motifs is 1. The highest BCUT2D eigenvalue weighted by Gasteiger charge is 2.20. The fourth-order valence-corrected chi connectivity index (χ4v) is 4.12. The zero-order valence-corrected chi connectivity index (χ0v) is 17.3. The van der Waals surface area contributed by atoms with Gasteiger partial charge in [0.05, 0.1) is 18.6 Å². The van der Waals surface area contributed by atoms with Gasteiger partial charge in [-0.2, -0.15) is 0 Å². The van der Waals surface area contributed by atoms with E-state index in [0.717, 1.165) is 5.56 Å². The lowest BCUT2D eigenvalue weighted by molar-refractivity contribution is -0.119. The third kappa shape index (κ3) is 4.69. The van der Waals surface area contributed by atoms with Gasteiger partial charge in [0.2, 0.25) is 0 Å². The highest BCUT2D eigenvalue weighted by atomic mass is 32.1. The van der Waals surface area contributed by atoms with Crippen molar-refractivity contribution in [2.75, 3.05) is 20.8 Å². The van der Waals surface area contributed by atoms with Gasteiger partial charge in [-0.1, -0.05) is 12.1 Å². The van der Waals surface area contributed by atoms with Crippen LogP contribution in [-0.2, 0) is 22.7 Å². The molecular formula is C21H21FN2O5S. The number of thiophene rings is 1. The van der Waals surface area contributed by atoms with Crippen molar-refractivity contribution < 1.29 is 28.2 Å². The Hall–Kier alpha value is -3.17. The number of carbonyl (C=O) groups excluding carboxylic acids is 2. The van der Waals surface area contributed by atoms with E-state index in [1.165, 1.54) is 31.6 Å². The molecular weight excluding hydrogens is 411 g/mol. The largest absolute Gasteiger partial charge is 0.493 e. The van der Waals surface area contributed by atoms with Gasteiger partial charge in [0.25, 0.3) is 11.8 Å². The van der Waals surface area contributed by atoms with Crippen molar-refractivity contribution >= 4 is 33.2 Å². The van der Waals surface area contributed by atoms with Gasteiger partial charge in [-0.3, -0.25) is 9.59 Å². The van der Waals surface area contributed by atoms with Gasteiger partial charge in [-0.15, -0.1) is 11.3 Å². The molecule has 3 aromatic rings. The van der Waals surface area contributed by atoms with Crippen molar-refractivity contribution in [3.8, 4) is 11.5 Å². The first kappa shape index (κ1) is 21.5. The number of amides is 2. The number of hydrogen-bond donors (Lipinski definition) is 2. The van der Waals surface area contributed by atoms with Crippen LogP contribution in [0.3, 0.4) is 0 Å². The van der Waals surface area contributed by atoms with Crippen LogP contribution in [0.2, 0.25) is 0 Å². The van der Waals surface area contributed by atoms with Crippen LogP contribution in [0.1, 0.15) is 20.8 Å². The Bertz CT molecular complexity index is 1080. The lowest BCUT2D eigenvalue weighted by atomic mass is 10.1. The SMILES string of the molecule is COCc1c(C(=O)NCc2ccc(OCC(N)=O)c(OC)c2)sc2cccc(F)c12. The van der Waals surface area contributed by atoms with Crippen LogP contribution >= 0.6 is 11.3 Å². The summed E-state index contributed by atoms with van der Waals surface area (Å²) >= 11 is 1.22. The zero-order chi connectivity index (χ0) is 21.7. The molecule has 0 bridgehead atoms. The molecule has 1 heterocycles. The normalized spacial score (nSPS) is 10.8. The fraction of sp³-hybridized carbons (Fsp3) is 0.238. The average Bonchev–Trinajstić information content (AvgIpc) is 3.10. The number of halogens is 1. The van der Waals surface area contributed by atoms with Gasteiger partial charge in [0, 0.05) is 29.3 Å². The number of methoxy groups -OCH3 is 2. The maximum atomic E-state index is 14.3. The molecule has 3 N–H and O–H groups in total. The second-order valence-electron chi connectivity index (χ2n) is 6.38. The Morgan fingerprint density at radius 2 is 1.97 bits per heavy atom. The van der Waals surface area contributed by atoms with E-state index in [9.17, 15) is 14.0 Å². The molecule has 0 aliphatic carbocycles. The second kappa shape index (κ2) is 9.55. The number of benzene rings is 2. The van der Waals surface area contributed by atoms with Gasteiger partial charge < -0.3 is 25.3 Å². The topological polar surface area (TPSA) is 99.9 Å². The van der Waals surface area contributed by atoms with Crippen LogP contribution in [0.25, 0.3) is 10.1 Å². The van der Waals surface area contributed by atoms with Crippen molar-refractivity contribution in [3.63, 3.8) is 0 Å². The summed E-state index contributed by atoms with van der Waals surface area (Å²) in [5.41, 5.74) is 6.37. The Morgan fingerprint density at radius 3 is 2.67 bits per heavy atom. The molecule has 2 aromatic carbocycles. The molecule has 1 aromatic heterocycles. The molecule has 9 heteroatoms. The van der Waals surface area contributed by atoms with Crippen molar-refractivity contribution in [3.05, 3.63) is 58.2 Å². The maximum Gasteiger partial charge on any atom is 0.262 e. The summed E-state index contributed by atoms with van der Waals surface area (Å²) in [6, 6.07) is 9.81. The highest BCUT2D eigenvalue weighted by Crippen LogP contribution is 2.34. The van der Waals surface area contributed by atoms with E-state index in [4.69, 9.17) is 19.9 Å². The van der Waals surface area contributed by atoms with Gasteiger partial charge in [0.1, 0.15) is 5.82 Å². The fourth-order valence-electron chi connectivity index (χ4n) is 2.99. The molecule has 0 saturated carbocycles. The molecule has 0 fully saturated rings. The Morgan fingerprint density at radius 1 is 1.17 bits per heavy atom. The monoisotopic (exact) mass is 432 g/mol. The molecule has 0 radical (unpaired) electrons. The van der Waals surface area contributed by atoms with E-state index >= 15 is 0 Å². The molecule has 0 unspecified atom stereocenters. The molecule has 3 rings (SSSR count). The van der Waals surface area contributed by atoms with Gasteiger partial charge in [0.15, 0.2) is 18.1 Å². The summed E-state index contributed by atoms with van der Waals surface area (Å²) in [5, 5.41) is 3.25. The summed E-state index contributed by atoms with van der Waals surface area (Å²) in [6.45, 7) is 0.0784. The number of rotatable bonds is 9. The van der Waals surface area contributed by atoms with E-state index in [0.29, 0.717) is 32.0 Å². The number of nitrogens with two attached hydrogens (primary N) is 1. The van der Waals surface area contributed by atoms with Crippen molar-refractivity contribution in [2.24, 2.45) is 5.73 Å². The van der Waals surface area contributed by atoms with E-state index in [1.807, 2.05) is 0 Å². The third-order valence-electron chi connectivity index (χ3n) is 4.31. The first-order valence-electron chi connectivity index (χ1n) is 8.99. The molecule has 30 heavy (non-hydrogen) atoms. The molecule has 158 valence electrons. The Kier molecular flexibility index (Phi) is 6.86. The predicted octanol–water partition coefficient (Wildman–Crippen LogP) is 2.99. The van der Waals surface area contributed by atoms with Gasteiger partial charge in [-0.25, -0.2) is 4.39 Å². The number of primary amides is 1. The standard InChI is InChI=1S/C21H21FN2O5S/c1-27-10-13-19-14(22)4-3-5-17(19)30-20(13)21(26)24-9-12-6-7-15(16(8-12)28-2)29-11-18(23)25/h3-8H,9-11H2,1-2H3,(H2,23,25)(H,24,26). The van der Waals surface area contributed by atoms with Crippen LogP contribution in [-0.4, -0.2) is 32.6 Å². The van der Waals surface area contributed by atoms with Crippen LogP contribution in [0.15, 0.2) is 36.4 Å². The molecule has 0 spiro atoms. The van der Waals surface area contributed by atoms with Gasteiger partial charge in [-0.05, 0) is 29.8 Å². The average molecular weight is 432 g/mol. The van der Waals surface area contributed by atoms with Crippen molar-refractivity contribution in [1.82, 2.24) is 5.32 Å². The second-order valence-corrected chi connectivity index (χ2v) is 7.43. The summed E-state index contributed by atoms with van der Waals surface area (Å²) in [5.74, 6) is -0.525. The third-order valence-corrected chi connectivity index (χ3v) is 5.51. The maximum absolute atomic E-state index is 14.3. The van der Waals surface area contributed by atoms with Crippen LogP contribution in [0, 0.1) is 5.82 Å². The highest BCUT2D eigenvalue weighted by molar-refractivity contribution is 7.21. The predicted molar refractivity (Wildman–Crippen MR) is 111 cm³/mol. The minimum Gasteiger partial charge on any atom is -0.493 e. The summed E-state index contributed by atoms with van der Waals surface area (Å²) in [6.07, 6.45) is 0. The Balaban J connectivity index is 1.78. The molecule has 0 saturated heterocycles. The van der Waals surface area contributed by atoms with Crippen LogP contribution in [0.4, 0.5) is 4.39 Å². The number of hydrogen-bond acceptors (Lipinski definition) is 6. The molecule has 0 aliphatic heterocycles. The minimum absolute atomic E-state index is 0.128. The summed E-state index contributed by atoms with van der Waals surface area (Å²) in [4.78, 5) is 24.1. The lowest BCUT2D eigenvalue weighted by Crippen LogP contribution is -2.23. The quantitative estimate of drug-likeness (QED) is 0.542. The summed E-state index contributed by atoms with van der Waals surface area (Å²) < 4.78 is 30.7. The number of ether oxygens (including phenoxy) is 3. The first-order chi connectivity index (χ1) is 14.4. The molecule has 2 amide bonds. The first-order valence-corrected chi connectivity index (χ1v) is 9.81. The zero-order valence-electron chi connectivity index (χ0n) is 16.5. The van der Waals surface area contributed by atoms with Crippen molar-refractivity contribution in [1.29, 1.82) is 0 Å². The lowest BCUT2D eigenvalue weighted by Gasteiger charge is -2.12. The molecule has 0 aliphatic rings. The van der Waals surface area contributed by atoms with Gasteiger partial charge >= 0.3 is 0 Å². The minimum atomic E-state index is -0.597. The smallest absolute Gasteiger partial charge is 0.262 e. The molecule has 0 atom stereocenters. The summed E-state index contributed by atoms with van der Waals surface area (Å²) in [7, 11) is 2.97.